The number of nitrogen functional groups attached to an aromatic ring is 1. The zero-order valence-electron chi connectivity index (χ0n) is 18.9. The van der Waals surface area contributed by atoms with E-state index in [0.29, 0.717) is 21.3 Å². The van der Waals surface area contributed by atoms with Crippen LogP contribution in [0.15, 0.2) is 60.3 Å². The minimum absolute atomic E-state index is 0.119. The summed E-state index contributed by atoms with van der Waals surface area (Å²) >= 11 is 12.4. The molecule has 0 atom stereocenters. The highest BCUT2D eigenvalue weighted by molar-refractivity contribution is 6.42. The van der Waals surface area contributed by atoms with E-state index in [-0.39, 0.29) is 5.91 Å². The first kappa shape index (κ1) is 22.8. The zero-order valence-corrected chi connectivity index (χ0v) is 20.4. The van der Waals surface area contributed by atoms with E-state index < -0.39 is 0 Å². The van der Waals surface area contributed by atoms with Crippen molar-refractivity contribution in [2.75, 3.05) is 29.5 Å². The highest BCUT2D eigenvalue weighted by Gasteiger charge is 2.26. The fraction of sp³-hybridized carbons (Fsp3) is 0.222. The Bertz CT molecular complexity index is 1270. The number of carbonyl (C=O) groups is 1. The van der Waals surface area contributed by atoms with Gasteiger partial charge in [0.1, 0.15) is 0 Å². The monoisotopic (exact) mass is 492 g/mol. The third kappa shape index (κ3) is 4.64. The molecule has 2 aliphatic rings. The van der Waals surface area contributed by atoms with E-state index in [1.165, 1.54) is 16.7 Å². The van der Waals surface area contributed by atoms with Crippen molar-refractivity contribution in [2.45, 2.75) is 26.3 Å². The molecule has 0 unspecified atom stereocenters. The molecule has 34 heavy (non-hydrogen) atoms. The second-order valence-electron chi connectivity index (χ2n) is 8.89. The maximum absolute atomic E-state index is 12.5. The number of halogens is 2. The maximum atomic E-state index is 12.5. The Morgan fingerprint density at radius 3 is 2.29 bits per heavy atom. The molecule has 0 spiro atoms. The summed E-state index contributed by atoms with van der Waals surface area (Å²) in [7, 11) is 0. The third-order valence-corrected chi connectivity index (χ3v) is 7.21. The van der Waals surface area contributed by atoms with Crippen LogP contribution in [0.2, 0.25) is 10.0 Å². The number of nitrogens with one attached hydrogen (secondary N) is 2. The van der Waals surface area contributed by atoms with E-state index in [2.05, 4.69) is 39.8 Å². The Balaban J connectivity index is 1.26. The van der Waals surface area contributed by atoms with Crippen molar-refractivity contribution in [3.63, 3.8) is 0 Å². The Labute approximate surface area is 209 Å². The topological polar surface area (TPSA) is 70.4 Å². The number of fused-ring (bicyclic) bond motifs is 2. The number of hydrogen-bond acceptors (Lipinski definition) is 4. The minimum Gasteiger partial charge on any atom is -0.399 e. The van der Waals surface area contributed by atoms with Crippen LogP contribution in [0.25, 0.3) is 5.57 Å². The van der Waals surface area contributed by atoms with Crippen LogP contribution in [0.1, 0.15) is 29.2 Å². The molecule has 0 aliphatic carbocycles. The fourth-order valence-corrected chi connectivity index (χ4v) is 5.08. The molecule has 0 aromatic heterocycles. The molecule has 2 heterocycles. The second kappa shape index (κ2) is 9.34. The van der Waals surface area contributed by atoms with Gasteiger partial charge in [0.05, 0.1) is 15.6 Å². The molecule has 7 heteroatoms. The standard InChI is InChI=1S/C27H26Cl2N4O/c1-16(26-22-14-20(30)4-7-25(22)32-27(26)34)31-21-5-2-17(3-6-21)15-33-10-8-18-12-23(28)24(29)13-19(18)9-11-33/h2-7,12-14,31H,8-11,15,30H2,1H3,(H,32,34)/b26-16-. The molecule has 0 radical (unpaired) electrons. The van der Waals surface area contributed by atoms with Gasteiger partial charge in [0.2, 0.25) is 0 Å². The van der Waals surface area contributed by atoms with Crippen LogP contribution in [0, 0.1) is 0 Å². The molecule has 5 rings (SSSR count). The quantitative estimate of drug-likeness (QED) is 0.309. The molecule has 3 aromatic rings. The number of nitrogens with two attached hydrogens (primary N) is 1. The van der Waals surface area contributed by atoms with Gasteiger partial charge in [0.25, 0.3) is 5.91 Å². The number of benzene rings is 3. The van der Waals surface area contributed by atoms with Gasteiger partial charge in [-0.25, -0.2) is 0 Å². The summed E-state index contributed by atoms with van der Waals surface area (Å²) in [5, 5.41) is 7.54. The summed E-state index contributed by atoms with van der Waals surface area (Å²) in [5.41, 5.74) is 14.4. The summed E-state index contributed by atoms with van der Waals surface area (Å²) < 4.78 is 0. The summed E-state index contributed by atoms with van der Waals surface area (Å²) in [4.78, 5) is 15.0. The molecule has 0 saturated heterocycles. The Kier molecular flexibility index (Phi) is 6.26. The minimum atomic E-state index is -0.119. The number of nitrogens with zero attached hydrogens (tertiary/aromatic N) is 1. The maximum Gasteiger partial charge on any atom is 0.258 e. The molecule has 4 N–H and O–H groups in total. The molecule has 1 amide bonds. The van der Waals surface area contributed by atoms with E-state index in [1.54, 1.807) is 6.07 Å². The van der Waals surface area contributed by atoms with E-state index in [4.69, 9.17) is 28.9 Å². The highest BCUT2D eigenvalue weighted by atomic mass is 35.5. The van der Waals surface area contributed by atoms with Crippen LogP contribution < -0.4 is 16.4 Å². The van der Waals surface area contributed by atoms with Gasteiger partial charge in [-0.05, 0) is 78.9 Å². The zero-order chi connectivity index (χ0) is 23.8. The molecule has 0 fully saturated rings. The first-order chi connectivity index (χ1) is 16.4. The molecule has 0 saturated carbocycles. The SMILES string of the molecule is C/C(Nc1ccc(CN2CCc3cc(Cl)c(Cl)cc3CC2)cc1)=C1/C(=O)Nc2ccc(N)cc21. The predicted octanol–water partition coefficient (Wildman–Crippen LogP) is 5.97. The predicted molar refractivity (Wildman–Crippen MR) is 141 cm³/mol. The molecule has 0 bridgehead atoms. The lowest BCUT2D eigenvalue weighted by Gasteiger charge is -2.20. The Morgan fingerprint density at radius 1 is 1.00 bits per heavy atom. The first-order valence-corrected chi connectivity index (χ1v) is 12.1. The van der Waals surface area contributed by atoms with E-state index >= 15 is 0 Å². The summed E-state index contributed by atoms with van der Waals surface area (Å²) in [5.74, 6) is -0.119. The van der Waals surface area contributed by atoms with E-state index in [9.17, 15) is 4.79 Å². The van der Waals surface area contributed by atoms with Gasteiger partial charge in [0, 0.05) is 48.0 Å². The summed E-state index contributed by atoms with van der Waals surface area (Å²) in [6.45, 7) is 4.75. The molecule has 3 aromatic carbocycles. The second-order valence-corrected chi connectivity index (χ2v) is 9.71. The van der Waals surface area contributed by atoms with Crippen LogP contribution >= 0.6 is 23.2 Å². The van der Waals surface area contributed by atoms with Crippen molar-refractivity contribution in [3.8, 4) is 0 Å². The van der Waals surface area contributed by atoms with Crippen molar-refractivity contribution < 1.29 is 4.79 Å². The van der Waals surface area contributed by atoms with E-state index in [0.717, 1.165) is 55.1 Å². The fourth-order valence-electron chi connectivity index (χ4n) is 4.71. The number of anilines is 3. The smallest absolute Gasteiger partial charge is 0.258 e. The van der Waals surface area contributed by atoms with Crippen molar-refractivity contribution in [2.24, 2.45) is 0 Å². The van der Waals surface area contributed by atoms with Crippen LogP contribution in [-0.4, -0.2) is 23.9 Å². The van der Waals surface area contributed by atoms with Gasteiger partial charge in [-0.3, -0.25) is 9.69 Å². The van der Waals surface area contributed by atoms with E-state index in [1.807, 2.05) is 31.2 Å². The van der Waals surface area contributed by atoms with Gasteiger partial charge in [-0.2, -0.15) is 0 Å². The molecule has 174 valence electrons. The van der Waals surface area contributed by atoms with Crippen LogP contribution in [0.3, 0.4) is 0 Å². The first-order valence-electron chi connectivity index (χ1n) is 11.3. The number of hydrogen-bond donors (Lipinski definition) is 3. The molecule has 2 aliphatic heterocycles. The van der Waals surface area contributed by atoms with Crippen LogP contribution in [0.5, 0.6) is 0 Å². The van der Waals surface area contributed by atoms with Gasteiger partial charge < -0.3 is 16.4 Å². The van der Waals surface area contributed by atoms with Gasteiger partial charge in [-0.1, -0.05) is 35.3 Å². The Morgan fingerprint density at radius 2 is 1.65 bits per heavy atom. The van der Waals surface area contributed by atoms with Crippen LogP contribution in [0.4, 0.5) is 17.1 Å². The van der Waals surface area contributed by atoms with Gasteiger partial charge in [-0.15, -0.1) is 0 Å². The summed E-state index contributed by atoms with van der Waals surface area (Å²) in [6, 6.07) is 17.8. The van der Waals surface area contributed by atoms with Gasteiger partial charge in [0.15, 0.2) is 0 Å². The number of allylic oxidation sites excluding steroid dienone is 1. The number of rotatable bonds is 4. The van der Waals surface area contributed by atoms with Gasteiger partial charge >= 0.3 is 0 Å². The average Bonchev–Trinajstić information content (AvgIpc) is 3.01. The molecule has 5 nitrogen and oxygen atoms in total. The number of carbonyl (C=O) groups excluding carboxylic acids is 1. The average molecular weight is 493 g/mol. The lowest BCUT2D eigenvalue weighted by Crippen LogP contribution is -2.25. The third-order valence-electron chi connectivity index (χ3n) is 6.49. The Hall–Kier alpha value is -2.99. The summed E-state index contributed by atoms with van der Waals surface area (Å²) in [6.07, 6.45) is 1.93. The normalized spacial score (nSPS) is 17.0. The lowest BCUT2D eigenvalue weighted by molar-refractivity contribution is -0.110. The van der Waals surface area contributed by atoms with Crippen molar-refractivity contribution in [3.05, 3.63) is 92.6 Å². The molecular formula is C27H26Cl2N4O. The van der Waals surface area contributed by atoms with Crippen molar-refractivity contribution in [1.29, 1.82) is 0 Å². The molecular weight excluding hydrogens is 467 g/mol. The number of amides is 1. The van der Waals surface area contributed by atoms with Crippen molar-refractivity contribution in [1.82, 2.24) is 4.90 Å². The van der Waals surface area contributed by atoms with Crippen molar-refractivity contribution >= 4 is 51.7 Å². The largest absolute Gasteiger partial charge is 0.399 e. The van der Waals surface area contributed by atoms with Crippen LogP contribution in [-0.2, 0) is 24.2 Å². The highest BCUT2D eigenvalue weighted by Crippen LogP contribution is 2.35. The lowest BCUT2D eigenvalue weighted by atomic mass is 10.0.